The Hall–Kier alpha value is -7.80. The molecule has 3 aromatic carbocycles. The fourth-order valence-corrected chi connectivity index (χ4v) is 5.77. The number of benzene rings is 3. The van der Waals surface area contributed by atoms with Gasteiger partial charge in [0.2, 0.25) is 5.70 Å². The number of hydrogen-bond acceptors (Lipinski definition) is 6. The summed E-state index contributed by atoms with van der Waals surface area (Å²) in [6.07, 6.45) is 0. The third kappa shape index (κ3) is 4.61. The van der Waals surface area contributed by atoms with Gasteiger partial charge in [-0.2, -0.15) is 24.6 Å². The molecule has 5 rings (SSSR count). The minimum Gasteiger partial charge on any atom is -0.435 e. The van der Waals surface area contributed by atoms with Gasteiger partial charge in [-0.3, -0.25) is 0 Å². The highest BCUT2D eigenvalue weighted by Crippen LogP contribution is 2.58. The molecule has 0 aliphatic heterocycles. The molecule has 0 saturated heterocycles. The molecule has 47 heavy (non-hydrogen) atoms. The van der Waals surface area contributed by atoms with Crippen molar-refractivity contribution in [2.24, 2.45) is 0 Å². The summed E-state index contributed by atoms with van der Waals surface area (Å²) in [6.45, 7) is 22.4. The highest BCUT2D eigenvalue weighted by Gasteiger charge is 2.43. The van der Waals surface area contributed by atoms with Crippen molar-refractivity contribution in [1.29, 1.82) is 26.3 Å². The van der Waals surface area contributed by atoms with Crippen LogP contribution >= 0.6 is 0 Å². The van der Waals surface area contributed by atoms with Gasteiger partial charge >= 0.3 is 6.61 Å². The molecule has 11 heteroatoms. The summed E-state index contributed by atoms with van der Waals surface area (Å²) in [5.41, 5.74) is -0.979. The van der Waals surface area contributed by atoms with Gasteiger partial charge in [0, 0.05) is 22.3 Å². The molecule has 3 aromatic rings. The molecule has 0 atom stereocenters. The van der Waals surface area contributed by atoms with E-state index in [1.54, 1.807) is 30.3 Å². The molecule has 216 valence electrons. The van der Waals surface area contributed by atoms with Gasteiger partial charge in [0.25, 0.3) is 11.4 Å². The number of ether oxygens (including phenoxy) is 1. The first-order chi connectivity index (χ1) is 22.7. The molecule has 0 aromatic heterocycles. The zero-order valence-electron chi connectivity index (χ0n) is 23.9. The first-order valence-corrected chi connectivity index (χ1v) is 13.2. The van der Waals surface area contributed by atoms with Crippen molar-refractivity contribution in [3.63, 3.8) is 0 Å². The predicted molar refractivity (Wildman–Crippen MR) is 164 cm³/mol. The fraction of sp³-hybridized carbons (Fsp3) is 0.0556. The van der Waals surface area contributed by atoms with Crippen molar-refractivity contribution in [2.45, 2.75) is 13.5 Å². The maximum Gasteiger partial charge on any atom is 0.387 e. The average Bonchev–Trinajstić information content (AvgIpc) is 3.59. The molecule has 0 spiro atoms. The summed E-state index contributed by atoms with van der Waals surface area (Å²) < 4.78 is 30.1. The van der Waals surface area contributed by atoms with Gasteiger partial charge in [-0.1, -0.05) is 42.0 Å². The van der Waals surface area contributed by atoms with E-state index in [1.807, 2.05) is 31.2 Å². The van der Waals surface area contributed by atoms with Gasteiger partial charge in [0.15, 0.2) is 0 Å². The quantitative estimate of drug-likeness (QED) is 0.217. The van der Waals surface area contributed by atoms with Crippen molar-refractivity contribution < 1.29 is 13.5 Å². The number of nitriles is 5. The zero-order valence-corrected chi connectivity index (χ0v) is 23.9. The number of halogens is 2. The molecule has 0 amide bonds. The molecule has 0 N–H and O–H groups in total. The van der Waals surface area contributed by atoms with E-state index in [-0.39, 0.29) is 78.3 Å². The van der Waals surface area contributed by atoms with E-state index in [0.717, 1.165) is 5.56 Å². The average molecular weight is 611 g/mol. The largest absolute Gasteiger partial charge is 0.435 e. The Morgan fingerprint density at radius 3 is 1.64 bits per heavy atom. The number of nitrogens with zero attached hydrogens (tertiary/aromatic N) is 8. The Kier molecular flexibility index (Phi) is 7.87. The summed E-state index contributed by atoms with van der Waals surface area (Å²) in [4.78, 5) is 10.4. The molecule has 0 fully saturated rings. The second kappa shape index (κ2) is 12.1. The van der Waals surface area contributed by atoms with Gasteiger partial charge in [-0.15, -0.1) is 0 Å². The van der Waals surface area contributed by atoms with E-state index in [9.17, 15) is 35.1 Å². The maximum atomic E-state index is 12.8. The number of aryl methyl sites for hydroxylation is 1. The number of allylic oxidation sites excluding steroid dienone is 7. The second-order valence-corrected chi connectivity index (χ2v) is 9.83. The monoisotopic (exact) mass is 610 g/mol. The van der Waals surface area contributed by atoms with E-state index >= 15 is 0 Å². The lowest BCUT2D eigenvalue weighted by Crippen LogP contribution is -2.04. The standard InChI is InChI=1S/C36H12F2N8O/c1-18-5-7-20(8-6-18)28-34(26(17-43)45-3)31-24(15-41)30-29(23(14-40)32(31)35(28)46-4)22(13-39)27(33(30)25(16-42)44-2)19-9-11-21(12-10-19)47-36(37)38/h5-12,36H,1H3/b33-25-,34-26+. The number of rotatable bonds is 4. The fourth-order valence-electron chi connectivity index (χ4n) is 5.77. The summed E-state index contributed by atoms with van der Waals surface area (Å²) in [7, 11) is 0. The van der Waals surface area contributed by atoms with Crippen LogP contribution in [0.25, 0.3) is 48.1 Å². The van der Waals surface area contributed by atoms with Gasteiger partial charge in [0.1, 0.15) is 17.9 Å². The lowest BCUT2D eigenvalue weighted by Gasteiger charge is -2.17. The maximum absolute atomic E-state index is 12.8. The summed E-state index contributed by atoms with van der Waals surface area (Å²) >= 11 is 0. The normalized spacial score (nSPS) is 14.6. The van der Waals surface area contributed by atoms with Crippen molar-refractivity contribution in [3.05, 3.63) is 144 Å². The molecular weight excluding hydrogens is 598 g/mol. The van der Waals surface area contributed by atoms with Crippen LogP contribution in [0.3, 0.4) is 0 Å². The third-order valence-electron chi connectivity index (χ3n) is 7.54. The van der Waals surface area contributed by atoms with Crippen molar-refractivity contribution in [2.75, 3.05) is 0 Å². The van der Waals surface area contributed by atoms with E-state index in [2.05, 4.69) is 19.3 Å². The molecular formula is C36H12F2N8O. The van der Waals surface area contributed by atoms with Crippen LogP contribution in [-0.2, 0) is 0 Å². The minimum atomic E-state index is -3.11. The van der Waals surface area contributed by atoms with Gasteiger partial charge in [-0.25, -0.2) is 25.1 Å². The van der Waals surface area contributed by atoms with Crippen molar-refractivity contribution >= 4 is 33.6 Å². The lowest BCUT2D eigenvalue weighted by molar-refractivity contribution is -0.0498. The van der Waals surface area contributed by atoms with E-state index < -0.39 is 18.0 Å². The molecule has 9 nitrogen and oxygen atoms in total. The Balaban J connectivity index is 2.04. The highest BCUT2D eigenvalue weighted by atomic mass is 19.3. The molecule has 0 bridgehead atoms. The topological polar surface area (TPSA) is 141 Å². The molecule has 2 aliphatic rings. The van der Waals surface area contributed by atoms with Crippen LogP contribution in [0.1, 0.15) is 50.1 Å². The summed E-state index contributed by atoms with van der Waals surface area (Å²) in [5.74, 6) is -0.211. The third-order valence-corrected chi connectivity index (χ3v) is 7.54. The van der Waals surface area contributed by atoms with Crippen LogP contribution in [0.2, 0.25) is 0 Å². The van der Waals surface area contributed by atoms with Crippen LogP contribution in [0, 0.1) is 83.3 Å². The second-order valence-electron chi connectivity index (χ2n) is 9.83. The summed E-state index contributed by atoms with van der Waals surface area (Å²) in [6, 6.07) is 21.6. The highest BCUT2D eigenvalue weighted by molar-refractivity contribution is 6.31. The van der Waals surface area contributed by atoms with Crippen LogP contribution in [0.5, 0.6) is 5.75 Å². The van der Waals surface area contributed by atoms with Crippen LogP contribution in [0.4, 0.5) is 8.78 Å². The Morgan fingerprint density at radius 2 is 1.17 bits per heavy atom. The smallest absolute Gasteiger partial charge is 0.387 e. The number of alkyl halides is 2. The summed E-state index contributed by atoms with van der Waals surface area (Å²) in [5, 5.41) is 52.0. The molecule has 0 saturated carbocycles. The number of fused-ring (bicyclic) bond motifs is 2. The van der Waals surface area contributed by atoms with Gasteiger partial charge in [0.05, 0.1) is 54.6 Å². The predicted octanol–water partition coefficient (Wildman–Crippen LogP) is 7.90. The first-order valence-electron chi connectivity index (χ1n) is 13.2. The van der Waals surface area contributed by atoms with Crippen molar-refractivity contribution in [1.82, 2.24) is 0 Å². The van der Waals surface area contributed by atoms with E-state index in [0.29, 0.717) is 5.56 Å². The first kappa shape index (κ1) is 30.7. The van der Waals surface area contributed by atoms with Crippen LogP contribution in [-0.4, -0.2) is 6.61 Å². The Morgan fingerprint density at radius 1 is 0.681 bits per heavy atom. The Labute approximate surface area is 267 Å². The van der Waals surface area contributed by atoms with Gasteiger partial charge < -0.3 is 4.74 Å². The van der Waals surface area contributed by atoms with E-state index in [1.165, 1.54) is 24.3 Å². The van der Waals surface area contributed by atoms with Crippen LogP contribution in [0.15, 0.2) is 59.9 Å². The number of hydrogen-bond donors (Lipinski definition) is 0. The molecule has 0 heterocycles. The zero-order chi connectivity index (χ0) is 34.0. The Bertz CT molecular complexity index is 2390. The van der Waals surface area contributed by atoms with Crippen molar-refractivity contribution in [3.8, 4) is 36.1 Å². The lowest BCUT2D eigenvalue weighted by atomic mass is 9.83. The molecule has 0 unspecified atom stereocenters. The van der Waals surface area contributed by atoms with E-state index in [4.69, 9.17) is 19.7 Å². The van der Waals surface area contributed by atoms with Crippen LogP contribution < -0.4 is 4.74 Å². The minimum absolute atomic E-state index is 0.0290. The molecule has 2 aliphatic carbocycles. The molecule has 0 radical (unpaired) electrons. The SMILES string of the molecule is [C-]#[N+]C1=C(c2ccc(C)cc2)/C(=C(/C#N)[N+]#[C-])c2c(C#N)c3c(c(C#N)c21)C(C#N)=C(c1ccc(OC(F)F)cc1)/C3=C(\C#N)[N+]#[C-]. The van der Waals surface area contributed by atoms with Gasteiger partial charge in [-0.05, 0) is 52.5 Å².